The zero-order valence-corrected chi connectivity index (χ0v) is 9.48. The first-order chi connectivity index (χ1) is 6.09. The number of rotatable bonds is 1. The molecule has 0 amide bonds. The molecule has 3 nitrogen and oxygen atoms in total. The number of ether oxygens (including phenoxy) is 1. The van der Waals surface area contributed by atoms with Crippen LogP contribution in [0.25, 0.3) is 0 Å². The van der Waals surface area contributed by atoms with Crippen molar-refractivity contribution in [1.29, 1.82) is 0 Å². The van der Waals surface area contributed by atoms with Crippen molar-refractivity contribution in [1.82, 2.24) is 0 Å². The van der Waals surface area contributed by atoms with E-state index in [2.05, 4.69) is 22.6 Å². The zero-order chi connectivity index (χ0) is 9.59. The van der Waals surface area contributed by atoms with Gasteiger partial charge in [0.1, 0.15) is 11.9 Å². The van der Waals surface area contributed by atoms with Gasteiger partial charge in [0.25, 0.3) is 0 Å². The van der Waals surface area contributed by atoms with E-state index in [1.807, 2.05) is 0 Å². The monoisotopic (exact) mass is 294 g/mol. The maximum Gasteiger partial charge on any atom is 0.302 e. The first kappa shape index (κ1) is 9.43. The van der Waals surface area contributed by atoms with Crippen LogP contribution in [-0.4, -0.2) is 21.8 Å². The smallest absolute Gasteiger partial charge is 0.302 e. The number of carbonyl (C=O) groups is 2. The van der Waals surface area contributed by atoms with Crippen LogP contribution in [0.1, 0.15) is 19.8 Å². The predicted molar refractivity (Wildman–Crippen MR) is 54.6 cm³/mol. The number of hydrogen-bond acceptors (Lipinski definition) is 3. The molecule has 4 unspecified atom stereocenters. The van der Waals surface area contributed by atoms with Crippen LogP contribution in [0.5, 0.6) is 0 Å². The van der Waals surface area contributed by atoms with E-state index in [0.29, 0.717) is 22.0 Å². The fraction of sp³-hybridized carbons (Fsp3) is 0.778. The van der Waals surface area contributed by atoms with Gasteiger partial charge in [-0.3, -0.25) is 9.59 Å². The highest BCUT2D eigenvalue weighted by molar-refractivity contribution is 14.1. The molecule has 0 aromatic heterocycles. The Kier molecular flexibility index (Phi) is 2.33. The second-order valence-corrected chi connectivity index (χ2v) is 5.21. The Bertz CT molecular complexity index is 264. The lowest BCUT2D eigenvalue weighted by molar-refractivity contribution is -0.146. The van der Waals surface area contributed by atoms with E-state index in [1.165, 1.54) is 6.92 Å². The van der Waals surface area contributed by atoms with Crippen LogP contribution >= 0.6 is 22.6 Å². The van der Waals surface area contributed by atoms with Gasteiger partial charge in [0, 0.05) is 19.3 Å². The average Bonchev–Trinajstić information content (AvgIpc) is 2.27. The molecule has 4 heteroatoms. The van der Waals surface area contributed by atoms with Gasteiger partial charge in [-0.25, -0.2) is 0 Å². The normalized spacial score (nSPS) is 42.5. The highest BCUT2D eigenvalue weighted by Gasteiger charge is 2.53. The summed E-state index contributed by atoms with van der Waals surface area (Å²) in [5, 5.41) is 0. The first-order valence-corrected chi connectivity index (χ1v) is 5.68. The topological polar surface area (TPSA) is 43.4 Å². The molecule has 0 heterocycles. The molecule has 0 spiro atoms. The molecule has 72 valence electrons. The van der Waals surface area contributed by atoms with Gasteiger partial charge < -0.3 is 4.74 Å². The maximum atomic E-state index is 11.1. The van der Waals surface area contributed by atoms with E-state index in [1.54, 1.807) is 0 Å². The molecule has 13 heavy (non-hydrogen) atoms. The number of carbonyl (C=O) groups excluding carboxylic acids is 2. The molecule has 0 radical (unpaired) electrons. The molecule has 0 bridgehead atoms. The van der Waals surface area contributed by atoms with Crippen molar-refractivity contribution in [2.45, 2.75) is 29.8 Å². The molecule has 0 saturated heterocycles. The summed E-state index contributed by atoms with van der Waals surface area (Å²) in [6.07, 6.45) is 1.41. The van der Waals surface area contributed by atoms with E-state index >= 15 is 0 Å². The average molecular weight is 294 g/mol. The summed E-state index contributed by atoms with van der Waals surface area (Å²) in [5.74, 6) is 0.769. The predicted octanol–water partition coefficient (Wildman–Crippen LogP) is 1.33. The zero-order valence-electron chi connectivity index (χ0n) is 7.33. The third-order valence-electron chi connectivity index (χ3n) is 2.94. The quantitative estimate of drug-likeness (QED) is 0.416. The Morgan fingerprint density at radius 2 is 2.31 bits per heavy atom. The lowest BCUT2D eigenvalue weighted by Crippen LogP contribution is -2.36. The Labute approximate surface area is 90.3 Å². The standard InChI is InChI=1S/C9H11IO3/c1-4(11)13-8-3-5-6(9(8)10)2-7(5)12/h5-6,8-9H,2-3H2,1H3. The number of ketones is 1. The Morgan fingerprint density at radius 1 is 1.62 bits per heavy atom. The van der Waals surface area contributed by atoms with Crippen LogP contribution in [0, 0.1) is 11.8 Å². The van der Waals surface area contributed by atoms with E-state index in [0.717, 1.165) is 6.42 Å². The lowest BCUT2D eigenvalue weighted by Gasteiger charge is -2.29. The molecule has 0 N–H and O–H groups in total. The van der Waals surface area contributed by atoms with Gasteiger partial charge >= 0.3 is 5.97 Å². The van der Waals surface area contributed by atoms with Crippen LogP contribution in [0.15, 0.2) is 0 Å². The minimum absolute atomic E-state index is 0.0282. The fourth-order valence-corrected chi connectivity index (χ4v) is 3.42. The summed E-state index contributed by atoms with van der Waals surface area (Å²) in [7, 11) is 0. The minimum Gasteiger partial charge on any atom is -0.461 e. The van der Waals surface area contributed by atoms with Crippen LogP contribution < -0.4 is 0 Å². The van der Waals surface area contributed by atoms with Crippen LogP contribution in [-0.2, 0) is 14.3 Å². The number of alkyl halides is 1. The molecular formula is C9H11IO3. The largest absolute Gasteiger partial charge is 0.461 e. The van der Waals surface area contributed by atoms with Gasteiger partial charge in [0.15, 0.2) is 0 Å². The second-order valence-electron chi connectivity index (χ2n) is 3.77. The van der Waals surface area contributed by atoms with Crippen LogP contribution in [0.2, 0.25) is 0 Å². The van der Waals surface area contributed by atoms with Gasteiger partial charge in [0.2, 0.25) is 0 Å². The molecular weight excluding hydrogens is 283 g/mol. The third kappa shape index (κ3) is 1.49. The Balaban J connectivity index is 2.01. The molecule has 2 saturated carbocycles. The van der Waals surface area contributed by atoms with Crippen molar-refractivity contribution in [2.24, 2.45) is 11.8 Å². The maximum absolute atomic E-state index is 11.1. The summed E-state index contributed by atoms with van der Waals surface area (Å²) in [6.45, 7) is 1.42. The highest BCUT2D eigenvalue weighted by Crippen LogP contribution is 2.48. The van der Waals surface area contributed by atoms with E-state index in [9.17, 15) is 9.59 Å². The van der Waals surface area contributed by atoms with E-state index < -0.39 is 0 Å². The number of halogens is 1. The van der Waals surface area contributed by atoms with Crippen molar-refractivity contribution in [3.05, 3.63) is 0 Å². The third-order valence-corrected chi connectivity index (χ3v) is 4.66. The molecule has 0 aromatic carbocycles. The summed E-state index contributed by atoms with van der Waals surface area (Å²) in [6, 6.07) is 0. The Hall–Kier alpha value is -0.130. The summed E-state index contributed by atoms with van der Waals surface area (Å²) in [4.78, 5) is 21.9. The van der Waals surface area contributed by atoms with E-state index in [-0.39, 0.29) is 18.0 Å². The lowest BCUT2D eigenvalue weighted by atomic mass is 9.75. The van der Waals surface area contributed by atoms with Gasteiger partial charge in [-0.2, -0.15) is 0 Å². The van der Waals surface area contributed by atoms with Crippen LogP contribution in [0.3, 0.4) is 0 Å². The van der Waals surface area contributed by atoms with Crippen molar-refractivity contribution >= 4 is 34.3 Å². The van der Waals surface area contributed by atoms with Gasteiger partial charge in [-0.15, -0.1) is 0 Å². The van der Waals surface area contributed by atoms with Crippen molar-refractivity contribution < 1.29 is 14.3 Å². The Morgan fingerprint density at radius 3 is 2.77 bits per heavy atom. The molecule has 2 rings (SSSR count). The van der Waals surface area contributed by atoms with E-state index in [4.69, 9.17) is 4.74 Å². The minimum atomic E-state index is -0.236. The highest BCUT2D eigenvalue weighted by atomic mass is 127. The summed E-state index contributed by atoms with van der Waals surface area (Å²) < 4.78 is 5.49. The van der Waals surface area contributed by atoms with Crippen molar-refractivity contribution in [3.63, 3.8) is 0 Å². The number of esters is 1. The summed E-state index contributed by atoms with van der Waals surface area (Å²) in [5.41, 5.74) is 0. The molecule has 0 aromatic rings. The van der Waals surface area contributed by atoms with Crippen molar-refractivity contribution in [2.75, 3.05) is 0 Å². The second kappa shape index (κ2) is 3.22. The SMILES string of the molecule is CC(=O)OC1CC2C(=O)CC2C1I. The molecule has 2 aliphatic carbocycles. The molecule has 4 atom stereocenters. The number of hydrogen-bond donors (Lipinski definition) is 0. The molecule has 0 aliphatic heterocycles. The van der Waals surface area contributed by atoms with Crippen LogP contribution in [0.4, 0.5) is 0 Å². The van der Waals surface area contributed by atoms with Gasteiger partial charge in [-0.1, -0.05) is 22.6 Å². The molecule has 2 fully saturated rings. The van der Waals surface area contributed by atoms with Crippen molar-refractivity contribution in [3.8, 4) is 0 Å². The summed E-state index contributed by atoms with van der Waals surface area (Å²) >= 11 is 2.30. The van der Waals surface area contributed by atoms with Gasteiger partial charge in [-0.05, 0) is 12.3 Å². The van der Waals surface area contributed by atoms with Gasteiger partial charge in [0.05, 0.1) is 3.92 Å². The number of Topliss-reactive ketones (excluding diaryl/α,β-unsaturated/α-hetero) is 1. The first-order valence-electron chi connectivity index (χ1n) is 4.43. The number of fused-ring (bicyclic) bond motifs is 1. The fourth-order valence-electron chi connectivity index (χ4n) is 2.23. The molecule has 2 aliphatic rings.